The number of aromatic nitrogens is 2. The molecule has 0 N–H and O–H groups in total. The van der Waals surface area contributed by atoms with Crippen molar-refractivity contribution in [2.75, 3.05) is 40.5 Å². The van der Waals surface area contributed by atoms with Crippen LogP contribution in [0.3, 0.4) is 0 Å². The second-order valence-electron chi connectivity index (χ2n) is 9.16. The van der Waals surface area contributed by atoms with E-state index in [1.165, 1.54) is 16.7 Å². The van der Waals surface area contributed by atoms with E-state index in [4.69, 9.17) is 14.2 Å². The Bertz CT molecular complexity index is 1110. The van der Waals surface area contributed by atoms with Crippen molar-refractivity contribution < 1.29 is 14.2 Å². The number of methoxy groups -OCH3 is 2. The van der Waals surface area contributed by atoms with E-state index in [0.29, 0.717) is 30.6 Å². The molecule has 7 nitrogen and oxygen atoms in total. The van der Waals surface area contributed by atoms with Gasteiger partial charge in [0.2, 0.25) is 0 Å². The van der Waals surface area contributed by atoms with Gasteiger partial charge >= 0.3 is 0 Å². The number of hydrogen-bond donors (Lipinski definition) is 0. The van der Waals surface area contributed by atoms with Crippen molar-refractivity contribution in [3.05, 3.63) is 57.8 Å². The van der Waals surface area contributed by atoms with Crippen molar-refractivity contribution in [1.29, 1.82) is 5.26 Å². The highest BCUT2D eigenvalue weighted by molar-refractivity contribution is 7.14. The molecule has 1 aromatic carbocycles. The quantitative estimate of drug-likeness (QED) is 0.433. The number of hydrogen-bond acceptors (Lipinski definition) is 8. The van der Waals surface area contributed by atoms with Gasteiger partial charge in [-0.15, -0.1) is 10.2 Å². The normalized spacial score (nSPS) is 19.5. The highest BCUT2D eigenvalue weighted by Crippen LogP contribution is 2.42. The monoisotopic (exact) mass is 494 g/mol. The second-order valence-corrected chi connectivity index (χ2v) is 10.2. The lowest BCUT2D eigenvalue weighted by Gasteiger charge is -2.29. The van der Waals surface area contributed by atoms with Crippen LogP contribution in [0.4, 0.5) is 0 Å². The fraction of sp³-hybridized carbons (Fsp3) is 0.519. The number of allylic oxidation sites excluding steroid dienone is 3. The summed E-state index contributed by atoms with van der Waals surface area (Å²) in [6.07, 6.45) is 6.85. The Hall–Kier alpha value is -2.57. The minimum absolute atomic E-state index is 0.0339. The minimum atomic E-state index is 0.0339. The molecule has 0 bridgehead atoms. The van der Waals surface area contributed by atoms with Crippen LogP contribution in [0, 0.1) is 11.3 Å². The summed E-state index contributed by atoms with van der Waals surface area (Å²) in [5, 5.41) is 20.6. The molecule has 1 aromatic heterocycles. The van der Waals surface area contributed by atoms with E-state index >= 15 is 0 Å². The molecule has 0 fully saturated rings. The van der Waals surface area contributed by atoms with Gasteiger partial charge in [0.15, 0.2) is 0 Å². The molecule has 0 aliphatic heterocycles. The van der Waals surface area contributed by atoms with Gasteiger partial charge in [0, 0.05) is 44.8 Å². The fourth-order valence-corrected chi connectivity index (χ4v) is 5.85. The lowest BCUT2D eigenvalue weighted by molar-refractivity contribution is 0.0872. The molecule has 4 rings (SSSR count). The zero-order valence-electron chi connectivity index (χ0n) is 21.0. The molecule has 8 heteroatoms. The summed E-state index contributed by atoms with van der Waals surface area (Å²) in [6, 6.07) is 9.16. The SMILES string of the molecule is COCCN(CCOC)C1CCc2c(-c3nnc(C4C=C(C#N)C(OC(C)C)=CC4)s3)cccc21. The van der Waals surface area contributed by atoms with Crippen molar-refractivity contribution >= 4 is 11.3 Å². The lowest BCUT2D eigenvalue weighted by Crippen LogP contribution is -2.33. The van der Waals surface area contributed by atoms with Crippen molar-refractivity contribution in [2.45, 2.75) is 51.2 Å². The number of nitriles is 1. The van der Waals surface area contributed by atoms with Crippen LogP contribution in [0.5, 0.6) is 0 Å². The molecule has 0 saturated carbocycles. The molecule has 2 aromatic rings. The molecule has 2 aliphatic rings. The number of rotatable bonds is 11. The second kappa shape index (κ2) is 11.9. The number of nitrogens with zero attached hydrogens (tertiary/aromatic N) is 4. The first-order valence-corrected chi connectivity index (χ1v) is 13.0. The summed E-state index contributed by atoms with van der Waals surface area (Å²) in [4.78, 5) is 2.47. The summed E-state index contributed by atoms with van der Waals surface area (Å²) in [5.41, 5.74) is 4.48. The molecular formula is C27H34N4O3S. The Labute approximate surface area is 212 Å². The molecule has 0 spiro atoms. The minimum Gasteiger partial charge on any atom is -0.490 e. The van der Waals surface area contributed by atoms with Gasteiger partial charge in [0.25, 0.3) is 0 Å². The van der Waals surface area contributed by atoms with Crippen molar-refractivity contribution in [3.63, 3.8) is 0 Å². The van der Waals surface area contributed by atoms with Gasteiger partial charge in [-0.05, 0) is 50.3 Å². The van der Waals surface area contributed by atoms with Gasteiger partial charge in [-0.2, -0.15) is 5.26 Å². The Morgan fingerprint density at radius 3 is 2.63 bits per heavy atom. The van der Waals surface area contributed by atoms with Crippen LogP contribution in [0.25, 0.3) is 10.6 Å². The molecule has 2 aliphatic carbocycles. The van der Waals surface area contributed by atoms with Crippen molar-refractivity contribution in [1.82, 2.24) is 15.1 Å². The van der Waals surface area contributed by atoms with Crippen LogP contribution in [-0.4, -0.2) is 61.7 Å². The van der Waals surface area contributed by atoms with Crippen LogP contribution in [-0.2, 0) is 20.6 Å². The van der Waals surface area contributed by atoms with Gasteiger partial charge in [-0.25, -0.2) is 0 Å². The van der Waals surface area contributed by atoms with Crippen LogP contribution in [0.1, 0.15) is 54.8 Å². The van der Waals surface area contributed by atoms with Gasteiger partial charge in [0.1, 0.15) is 21.8 Å². The molecule has 0 saturated heterocycles. The predicted octanol–water partition coefficient (Wildman–Crippen LogP) is 5.03. The van der Waals surface area contributed by atoms with Gasteiger partial charge in [-0.3, -0.25) is 4.90 Å². The molecule has 2 unspecified atom stereocenters. The first-order valence-electron chi connectivity index (χ1n) is 12.2. The summed E-state index contributed by atoms with van der Waals surface area (Å²) in [5.74, 6) is 0.709. The maximum Gasteiger partial charge on any atom is 0.148 e. The molecule has 186 valence electrons. The Morgan fingerprint density at radius 1 is 1.17 bits per heavy atom. The lowest BCUT2D eigenvalue weighted by atomic mass is 9.96. The number of ether oxygens (including phenoxy) is 3. The number of fused-ring (bicyclic) bond motifs is 1. The zero-order chi connectivity index (χ0) is 24.8. The van der Waals surface area contributed by atoms with E-state index in [2.05, 4.69) is 39.4 Å². The third-order valence-corrected chi connectivity index (χ3v) is 7.60. The Morgan fingerprint density at radius 2 is 1.94 bits per heavy atom. The maximum absolute atomic E-state index is 9.61. The third-order valence-electron chi connectivity index (χ3n) is 6.51. The van der Waals surface area contributed by atoms with Crippen molar-refractivity contribution in [2.24, 2.45) is 0 Å². The van der Waals surface area contributed by atoms with E-state index in [1.807, 2.05) is 26.0 Å². The van der Waals surface area contributed by atoms with Crippen LogP contribution in [0.2, 0.25) is 0 Å². The molecule has 0 radical (unpaired) electrons. The first kappa shape index (κ1) is 25.5. The summed E-state index contributed by atoms with van der Waals surface area (Å²) in [7, 11) is 3.49. The summed E-state index contributed by atoms with van der Waals surface area (Å²) in [6.45, 7) is 7.09. The third kappa shape index (κ3) is 5.81. The Kier molecular flexibility index (Phi) is 8.69. The van der Waals surface area contributed by atoms with Gasteiger partial charge < -0.3 is 14.2 Å². The highest BCUT2D eigenvalue weighted by Gasteiger charge is 2.30. The molecule has 35 heavy (non-hydrogen) atoms. The Balaban J connectivity index is 1.56. The average molecular weight is 495 g/mol. The van der Waals surface area contributed by atoms with E-state index in [-0.39, 0.29) is 12.0 Å². The summed E-state index contributed by atoms with van der Waals surface area (Å²) < 4.78 is 16.5. The smallest absolute Gasteiger partial charge is 0.148 e. The molecule has 1 heterocycles. The van der Waals surface area contributed by atoms with Crippen LogP contribution in [0.15, 0.2) is 41.7 Å². The van der Waals surface area contributed by atoms with Crippen LogP contribution >= 0.6 is 11.3 Å². The highest BCUT2D eigenvalue weighted by atomic mass is 32.1. The molecule has 2 atom stereocenters. The summed E-state index contributed by atoms with van der Waals surface area (Å²) >= 11 is 1.62. The van der Waals surface area contributed by atoms with Crippen molar-refractivity contribution in [3.8, 4) is 16.6 Å². The molecular weight excluding hydrogens is 460 g/mol. The zero-order valence-corrected chi connectivity index (χ0v) is 21.8. The number of benzene rings is 1. The van der Waals surface area contributed by atoms with Crippen LogP contribution < -0.4 is 0 Å². The fourth-order valence-electron chi connectivity index (χ4n) is 4.87. The first-order chi connectivity index (χ1) is 17.0. The van der Waals surface area contributed by atoms with E-state index in [0.717, 1.165) is 42.4 Å². The van der Waals surface area contributed by atoms with E-state index < -0.39 is 0 Å². The predicted molar refractivity (Wildman–Crippen MR) is 137 cm³/mol. The van der Waals surface area contributed by atoms with Gasteiger partial charge in [-0.1, -0.05) is 35.6 Å². The largest absolute Gasteiger partial charge is 0.490 e. The van der Waals surface area contributed by atoms with E-state index in [9.17, 15) is 5.26 Å². The standard InChI is InChI=1S/C27H34N4O3S/c1-18(2)34-25-11-8-19(16-20(25)17-28)26-29-30-27(35-26)23-7-5-6-22-21(23)9-10-24(22)31(12-14-32-3)13-15-33-4/h5-7,11,16,18-19,24H,8-10,12-15H2,1-4H3. The molecule has 0 amide bonds. The van der Waals surface area contributed by atoms with E-state index in [1.54, 1.807) is 25.6 Å². The maximum atomic E-state index is 9.61. The topological polar surface area (TPSA) is 80.5 Å². The van der Waals surface area contributed by atoms with Gasteiger partial charge in [0.05, 0.1) is 24.9 Å². The average Bonchev–Trinajstić information content (AvgIpc) is 3.52.